The Morgan fingerprint density at radius 3 is 2.56 bits per heavy atom. The normalized spacial score (nSPS) is 12.9. The molecule has 0 aliphatic carbocycles. The molecule has 0 aliphatic heterocycles. The highest BCUT2D eigenvalue weighted by Gasteiger charge is 2.05. The highest BCUT2D eigenvalue weighted by atomic mass is 14.6. The minimum Gasteiger partial charge on any atom is -0.324 e. The van der Waals surface area contributed by atoms with Gasteiger partial charge in [0.1, 0.15) is 0 Å². The summed E-state index contributed by atoms with van der Waals surface area (Å²) in [6.07, 6.45) is 3.49. The third kappa shape index (κ3) is 2.42. The molecule has 0 radical (unpaired) electrons. The van der Waals surface area contributed by atoms with Crippen molar-refractivity contribution in [3.8, 4) is 0 Å². The van der Waals surface area contributed by atoms with Gasteiger partial charge in [0.05, 0.1) is 0 Å². The van der Waals surface area contributed by atoms with E-state index in [0.29, 0.717) is 0 Å². The van der Waals surface area contributed by atoms with E-state index in [-0.39, 0.29) is 6.04 Å². The molecule has 2 aromatic carbocycles. The molecule has 16 heavy (non-hydrogen) atoms. The van der Waals surface area contributed by atoms with Gasteiger partial charge in [-0.1, -0.05) is 56.2 Å². The number of nitrogens with two attached hydrogens (primary N) is 1. The van der Waals surface area contributed by atoms with Crippen LogP contribution in [0.25, 0.3) is 10.8 Å². The van der Waals surface area contributed by atoms with Crippen LogP contribution in [0.2, 0.25) is 0 Å². The van der Waals surface area contributed by atoms with Crippen molar-refractivity contribution in [1.82, 2.24) is 0 Å². The zero-order valence-corrected chi connectivity index (χ0v) is 9.82. The fourth-order valence-electron chi connectivity index (χ4n) is 2.03. The van der Waals surface area contributed by atoms with Crippen LogP contribution in [-0.2, 0) is 0 Å². The Kier molecular flexibility index (Phi) is 3.58. The molecule has 0 heterocycles. The van der Waals surface area contributed by atoms with Gasteiger partial charge in [0, 0.05) is 6.04 Å². The second-order valence-electron chi connectivity index (χ2n) is 4.36. The molecule has 2 N–H and O–H groups in total. The largest absolute Gasteiger partial charge is 0.324 e. The van der Waals surface area contributed by atoms with Crippen LogP contribution in [0.4, 0.5) is 0 Å². The van der Waals surface area contributed by atoms with Gasteiger partial charge >= 0.3 is 0 Å². The van der Waals surface area contributed by atoms with Crippen LogP contribution in [0.15, 0.2) is 42.5 Å². The zero-order valence-electron chi connectivity index (χ0n) is 9.82. The van der Waals surface area contributed by atoms with E-state index in [4.69, 9.17) is 5.73 Å². The van der Waals surface area contributed by atoms with Crippen LogP contribution >= 0.6 is 0 Å². The summed E-state index contributed by atoms with van der Waals surface area (Å²) < 4.78 is 0. The van der Waals surface area contributed by atoms with Crippen molar-refractivity contribution in [3.05, 3.63) is 48.0 Å². The monoisotopic (exact) mass is 213 g/mol. The molecule has 0 aromatic heterocycles. The third-order valence-electron chi connectivity index (χ3n) is 3.07. The summed E-state index contributed by atoms with van der Waals surface area (Å²) in [6, 6.07) is 15.1. The Bertz CT molecular complexity index is 462. The van der Waals surface area contributed by atoms with Gasteiger partial charge in [0.2, 0.25) is 0 Å². The summed E-state index contributed by atoms with van der Waals surface area (Å²) in [4.78, 5) is 0. The van der Waals surface area contributed by atoms with E-state index in [2.05, 4.69) is 49.4 Å². The minimum absolute atomic E-state index is 0.185. The Morgan fingerprint density at radius 1 is 1.06 bits per heavy atom. The van der Waals surface area contributed by atoms with E-state index >= 15 is 0 Å². The van der Waals surface area contributed by atoms with Crippen LogP contribution < -0.4 is 5.73 Å². The van der Waals surface area contributed by atoms with Crippen molar-refractivity contribution in [2.24, 2.45) is 5.73 Å². The average molecular weight is 213 g/mol. The summed E-state index contributed by atoms with van der Waals surface area (Å²) in [6.45, 7) is 2.20. The fourth-order valence-corrected chi connectivity index (χ4v) is 2.03. The maximum Gasteiger partial charge on any atom is 0.0295 e. The Hall–Kier alpha value is -1.34. The predicted molar refractivity (Wildman–Crippen MR) is 70.4 cm³/mol. The maximum absolute atomic E-state index is 6.17. The zero-order chi connectivity index (χ0) is 11.4. The summed E-state index contributed by atoms with van der Waals surface area (Å²) in [5.41, 5.74) is 7.43. The molecule has 0 unspecified atom stereocenters. The van der Waals surface area contributed by atoms with E-state index in [1.54, 1.807) is 0 Å². The van der Waals surface area contributed by atoms with Crippen LogP contribution in [0.5, 0.6) is 0 Å². The SMILES string of the molecule is CCCC[C@H](N)c1ccc2ccccc2c1. The van der Waals surface area contributed by atoms with Crippen LogP contribution in [0, 0.1) is 0 Å². The van der Waals surface area contributed by atoms with Crippen LogP contribution in [0.3, 0.4) is 0 Å². The van der Waals surface area contributed by atoms with Crippen molar-refractivity contribution >= 4 is 10.8 Å². The van der Waals surface area contributed by atoms with Crippen LogP contribution in [0.1, 0.15) is 37.8 Å². The number of rotatable bonds is 4. The van der Waals surface area contributed by atoms with E-state index in [9.17, 15) is 0 Å². The first-order chi connectivity index (χ1) is 7.81. The molecule has 0 saturated carbocycles. The molecule has 1 heteroatoms. The molecule has 0 aliphatic rings. The third-order valence-corrected chi connectivity index (χ3v) is 3.07. The topological polar surface area (TPSA) is 26.0 Å². The van der Waals surface area contributed by atoms with Gasteiger partial charge in [0.25, 0.3) is 0 Å². The number of hydrogen-bond donors (Lipinski definition) is 1. The van der Waals surface area contributed by atoms with E-state index in [0.717, 1.165) is 6.42 Å². The van der Waals surface area contributed by atoms with Gasteiger partial charge in [-0.3, -0.25) is 0 Å². The van der Waals surface area contributed by atoms with Crippen molar-refractivity contribution < 1.29 is 0 Å². The van der Waals surface area contributed by atoms with Gasteiger partial charge in [-0.2, -0.15) is 0 Å². The summed E-state index contributed by atoms with van der Waals surface area (Å²) in [5.74, 6) is 0. The standard InChI is InChI=1S/C15H19N/c1-2-3-8-15(16)14-10-9-12-6-4-5-7-13(12)11-14/h4-7,9-11,15H,2-3,8,16H2,1H3/t15-/m0/s1. The smallest absolute Gasteiger partial charge is 0.0295 e. The first-order valence-electron chi connectivity index (χ1n) is 6.05. The number of fused-ring (bicyclic) bond motifs is 1. The summed E-state index contributed by atoms with van der Waals surface area (Å²) in [7, 11) is 0. The molecule has 1 nitrogen and oxygen atoms in total. The molecule has 0 spiro atoms. The van der Waals surface area contributed by atoms with Gasteiger partial charge in [-0.05, 0) is 28.8 Å². The quantitative estimate of drug-likeness (QED) is 0.815. The Labute approximate surface area is 97.3 Å². The maximum atomic E-state index is 6.17. The first-order valence-corrected chi connectivity index (χ1v) is 6.05. The molecular weight excluding hydrogens is 194 g/mol. The van der Waals surface area contributed by atoms with Gasteiger partial charge < -0.3 is 5.73 Å². The average Bonchev–Trinajstić information content (AvgIpc) is 2.35. The van der Waals surface area contributed by atoms with E-state index in [1.165, 1.54) is 29.2 Å². The lowest BCUT2D eigenvalue weighted by atomic mass is 9.99. The molecule has 2 aromatic rings. The molecule has 0 saturated heterocycles. The molecule has 0 fully saturated rings. The summed E-state index contributed by atoms with van der Waals surface area (Å²) >= 11 is 0. The summed E-state index contributed by atoms with van der Waals surface area (Å²) in [5, 5.41) is 2.57. The van der Waals surface area contributed by atoms with E-state index in [1.807, 2.05) is 0 Å². The van der Waals surface area contributed by atoms with Gasteiger partial charge in [0.15, 0.2) is 0 Å². The van der Waals surface area contributed by atoms with E-state index < -0.39 is 0 Å². The molecule has 0 bridgehead atoms. The second kappa shape index (κ2) is 5.13. The highest BCUT2D eigenvalue weighted by molar-refractivity contribution is 5.83. The van der Waals surface area contributed by atoms with Crippen molar-refractivity contribution in [1.29, 1.82) is 0 Å². The van der Waals surface area contributed by atoms with Crippen molar-refractivity contribution in [2.75, 3.05) is 0 Å². The van der Waals surface area contributed by atoms with Crippen LogP contribution in [-0.4, -0.2) is 0 Å². The second-order valence-corrected chi connectivity index (χ2v) is 4.36. The minimum atomic E-state index is 0.185. The lowest BCUT2D eigenvalue weighted by molar-refractivity contribution is 0.604. The van der Waals surface area contributed by atoms with Gasteiger partial charge in [-0.15, -0.1) is 0 Å². The molecule has 0 amide bonds. The number of benzene rings is 2. The predicted octanol–water partition coefficient (Wildman–Crippen LogP) is 4.03. The lowest BCUT2D eigenvalue weighted by Gasteiger charge is -2.12. The Balaban J connectivity index is 2.25. The lowest BCUT2D eigenvalue weighted by Crippen LogP contribution is -2.09. The number of hydrogen-bond acceptors (Lipinski definition) is 1. The molecular formula is C15H19N. The van der Waals surface area contributed by atoms with Crippen molar-refractivity contribution in [3.63, 3.8) is 0 Å². The first kappa shape index (κ1) is 11.2. The highest BCUT2D eigenvalue weighted by Crippen LogP contribution is 2.22. The molecule has 84 valence electrons. The van der Waals surface area contributed by atoms with Crippen molar-refractivity contribution in [2.45, 2.75) is 32.2 Å². The number of unbranched alkanes of at least 4 members (excludes halogenated alkanes) is 1. The Morgan fingerprint density at radius 2 is 1.81 bits per heavy atom. The molecule has 1 atom stereocenters. The molecule has 2 rings (SSSR count). The van der Waals surface area contributed by atoms with Gasteiger partial charge in [-0.25, -0.2) is 0 Å². The fraction of sp³-hybridized carbons (Fsp3) is 0.333.